The molecule has 2 heterocycles. The number of methoxy groups -OCH3 is 1. The average Bonchev–Trinajstić information content (AvgIpc) is 3.27. The monoisotopic (exact) mass is 362 g/mol. The van der Waals surface area contributed by atoms with E-state index in [1.54, 1.807) is 22.9 Å². The van der Waals surface area contributed by atoms with Crippen molar-refractivity contribution in [3.8, 4) is 5.69 Å². The van der Waals surface area contributed by atoms with Gasteiger partial charge in [0, 0.05) is 10.9 Å². The Morgan fingerprint density at radius 1 is 1.00 bits per heavy atom. The summed E-state index contributed by atoms with van der Waals surface area (Å²) in [5.41, 5.74) is 1.62. The molecule has 0 spiro atoms. The first-order valence-corrected chi connectivity index (χ1v) is 8.76. The van der Waals surface area contributed by atoms with Gasteiger partial charge in [-0.05, 0) is 18.2 Å². The molecule has 5 nitrogen and oxygen atoms in total. The lowest BCUT2D eigenvalue weighted by Gasteiger charge is -2.01. The number of ether oxygens (including phenoxy) is 1. The lowest BCUT2D eigenvalue weighted by atomic mass is 10.1. The number of carbonyl (C=O) groups excluding carboxylic acids is 2. The molecule has 0 fully saturated rings. The molecule has 128 valence electrons. The standard InChI is InChI=1S/C20H14N2O3S/c1-25-20(24)17-15-12-16(18(23)13-8-4-2-5-9-13)26-19(15)22(21-17)14-10-6-3-7-11-14/h2-12H,1H3. The predicted molar refractivity (Wildman–Crippen MR) is 100 cm³/mol. The van der Waals surface area contributed by atoms with Crippen LogP contribution in [0.1, 0.15) is 25.7 Å². The third-order valence-electron chi connectivity index (χ3n) is 4.00. The summed E-state index contributed by atoms with van der Waals surface area (Å²) in [5.74, 6) is -0.608. The van der Waals surface area contributed by atoms with Crippen LogP contribution in [0.2, 0.25) is 0 Å². The maximum atomic E-state index is 12.8. The van der Waals surface area contributed by atoms with Crippen LogP contribution in [0, 0.1) is 0 Å². The second kappa shape index (κ2) is 6.57. The highest BCUT2D eigenvalue weighted by molar-refractivity contribution is 7.20. The van der Waals surface area contributed by atoms with Gasteiger partial charge in [0.05, 0.1) is 17.7 Å². The Morgan fingerprint density at radius 2 is 1.65 bits per heavy atom. The molecular weight excluding hydrogens is 348 g/mol. The Bertz CT molecular complexity index is 1100. The van der Waals surface area contributed by atoms with Crippen molar-refractivity contribution in [2.45, 2.75) is 0 Å². The molecule has 2 aromatic carbocycles. The van der Waals surface area contributed by atoms with Crippen LogP contribution in [0.5, 0.6) is 0 Å². The molecule has 26 heavy (non-hydrogen) atoms. The van der Waals surface area contributed by atoms with Crippen molar-refractivity contribution in [3.05, 3.63) is 82.9 Å². The zero-order valence-electron chi connectivity index (χ0n) is 13.9. The molecule has 0 saturated carbocycles. The number of para-hydroxylation sites is 1. The fourth-order valence-electron chi connectivity index (χ4n) is 2.74. The van der Waals surface area contributed by atoms with Gasteiger partial charge in [0.2, 0.25) is 5.78 Å². The second-order valence-corrected chi connectivity index (χ2v) is 6.64. The number of fused-ring (bicyclic) bond motifs is 1. The van der Waals surface area contributed by atoms with Gasteiger partial charge in [-0.1, -0.05) is 48.5 Å². The molecule has 0 unspecified atom stereocenters. The summed E-state index contributed by atoms with van der Waals surface area (Å²) in [6.45, 7) is 0. The van der Waals surface area contributed by atoms with E-state index in [4.69, 9.17) is 4.74 Å². The highest BCUT2D eigenvalue weighted by atomic mass is 32.1. The Morgan fingerprint density at radius 3 is 2.31 bits per heavy atom. The number of thiophene rings is 1. The van der Waals surface area contributed by atoms with Crippen LogP contribution < -0.4 is 0 Å². The molecule has 0 aliphatic heterocycles. The van der Waals surface area contributed by atoms with E-state index < -0.39 is 5.97 Å². The predicted octanol–water partition coefficient (Wildman–Crippen LogP) is 4.10. The van der Waals surface area contributed by atoms with Crippen molar-refractivity contribution < 1.29 is 14.3 Å². The molecule has 0 aliphatic carbocycles. The minimum Gasteiger partial charge on any atom is -0.464 e. The van der Waals surface area contributed by atoms with Gasteiger partial charge < -0.3 is 4.74 Å². The molecular formula is C20H14N2O3S. The fourth-order valence-corrected chi connectivity index (χ4v) is 3.84. The van der Waals surface area contributed by atoms with Crippen LogP contribution in [0.25, 0.3) is 15.9 Å². The number of ketones is 1. The van der Waals surface area contributed by atoms with Crippen molar-refractivity contribution in [2.24, 2.45) is 0 Å². The number of esters is 1. The van der Waals surface area contributed by atoms with E-state index in [1.807, 2.05) is 48.5 Å². The number of carbonyl (C=O) groups is 2. The minimum atomic E-state index is -0.527. The molecule has 2 aromatic heterocycles. The number of rotatable bonds is 4. The molecule has 0 bridgehead atoms. The van der Waals surface area contributed by atoms with Crippen molar-refractivity contribution in [2.75, 3.05) is 7.11 Å². The van der Waals surface area contributed by atoms with Gasteiger partial charge in [-0.2, -0.15) is 5.10 Å². The summed E-state index contributed by atoms with van der Waals surface area (Å²) in [6.07, 6.45) is 0. The number of aromatic nitrogens is 2. The van der Waals surface area contributed by atoms with Crippen LogP contribution in [0.3, 0.4) is 0 Å². The van der Waals surface area contributed by atoms with Gasteiger partial charge in [-0.3, -0.25) is 4.79 Å². The zero-order chi connectivity index (χ0) is 18.1. The van der Waals surface area contributed by atoms with Crippen molar-refractivity contribution in [1.29, 1.82) is 0 Å². The van der Waals surface area contributed by atoms with E-state index >= 15 is 0 Å². The molecule has 6 heteroatoms. The lowest BCUT2D eigenvalue weighted by Crippen LogP contribution is -2.05. The van der Waals surface area contributed by atoms with Crippen molar-refractivity contribution in [3.63, 3.8) is 0 Å². The van der Waals surface area contributed by atoms with Gasteiger partial charge in [0.1, 0.15) is 4.83 Å². The normalized spacial score (nSPS) is 10.8. The van der Waals surface area contributed by atoms with Gasteiger partial charge in [-0.15, -0.1) is 11.3 Å². The van der Waals surface area contributed by atoms with E-state index in [0.717, 1.165) is 10.5 Å². The highest BCUT2D eigenvalue weighted by Gasteiger charge is 2.23. The van der Waals surface area contributed by atoms with Gasteiger partial charge >= 0.3 is 5.97 Å². The lowest BCUT2D eigenvalue weighted by molar-refractivity contribution is 0.0595. The molecule has 0 atom stereocenters. The zero-order valence-corrected chi connectivity index (χ0v) is 14.7. The summed E-state index contributed by atoms with van der Waals surface area (Å²) >= 11 is 1.31. The third kappa shape index (κ3) is 2.70. The van der Waals surface area contributed by atoms with Gasteiger partial charge in [0.25, 0.3) is 0 Å². The quantitative estimate of drug-likeness (QED) is 0.405. The SMILES string of the molecule is COC(=O)c1nn(-c2ccccc2)c2sc(C(=O)c3ccccc3)cc12. The van der Waals surface area contributed by atoms with Gasteiger partial charge in [0.15, 0.2) is 5.69 Å². The summed E-state index contributed by atoms with van der Waals surface area (Å²) < 4.78 is 6.53. The first-order chi connectivity index (χ1) is 12.7. The Kier molecular flexibility index (Phi) is 4.10. The molecule has 0 saturated heterocycles. The number of hydrogen-bond donors (Lipinski definition) is 0. The molecule has 4 aromatic rings. The Balaban J connectivity index is 1.90. The van der Waals surface area contributed by atoms with Crippen molar-refractivity contribution >= 4 is 33.3 Å². The highest BCUT2D eigenvalue weighted by Crippen LogP contribution is 2.32. The smallest absolute Gasteiger partial charge is 0.359 e. The Labute approximate surface area is 153 Å². The topological polar surface area (TPSA) is 61.2 Å². The third-order valence-corrected chi connectivity index (χ3v) is 5.11. The summed E-state index contributed by atoms with van der Waals surface area (Å²) in [6, 6.07) is 20.3. The minimum absolute atomic E-state index is 0.0813. The largest absolute Gasteiger partial charge is 0.464 e. The number of nitrogens with zero attached hydrogens (tertiary/aromatic N) is 2. The van der Waals surface area contributed by atoms with E-state index in [0.29, 0.717) is 15.8 Å². The number of benzene rings is 2. The van der Waals surface area contributed by atoms with Crippen LogP contribution >= 0.6 is 11.3 Å². The van der Waals surface area contributed by atoms with Gasteiger partial charge in [-0.25, -0.2) is 9.48 Å². The first-order valence-electron chi connectivity index (χ1n) is 7.95. The van der Waals surface area contributed by atoms with Crippen LogP contribution in [-0.4, -0.2) is 28.6 Å². The fraction of sp³-hybridized carbons (Fsp3) is 0.0500. The van der Waals surface area contributed by atoms with E-state index in [9.17, 15) is 9.59 Å². The Hall–Kier alpha value is -3.25. The first kappa shape index (κ1) is 16.2. The van der Waals surface area contributed by atoms with Crippen LogP contribution in [0.15, 0.2) is 66.7 Å². The molecule has 0 amide bonds. The summed E-state index contributed by atoms with van der Waals surface area (Å²) in [5, 5.41) is 5.02. The maximum Gasteiger partial charge on any atom is 0.359 e. The average molecular weight is 362 g/mol. The summed E-state index contributed by atoms with van der Waals surface area (Å²) in [7, 11) is 1.32. The van der Waals surface area contributed by atoms with E-state index in [1.165, 1.54) is 18.4 Å². The molecule has 4 rings (SSSR count). The number of hydrogen-bond acceptors (Lipinski definition) is 5. The van der Waals surface area contributed by atoms with Crippen molar-refractivity contribution in [1.82, 2.24) is 9.78 Å². The molecule has 0 radical (unpaired) electrons. The summed E-state index contributed by atoms with van der Waals surface area (Å²) in [4.78, 5) is 26.2. The molecule has 0 aliphatic rings. The maximum absolute atomic E-state index is 12.8. The van der Waals surface area contributed by atoms with E-state index in [-0.39, 0.29) is 11.5 Å². The molecule has 0 N–H and O–H groups in total. The van der Waals surface area contributed by atoms with E-state index in [2.05, 4.69) is 5.10 Å². The second-order valence-electron chi connectivity index (χ2n) is 5.61. The van der Waals surface area contributed by atoms with Crippen LogP contribution in [0.4, 0.5) is 0 Å². The van der Waals surface area contributed by atoms with Crippen LogP contribution in [-0.2, 0) is 4.74 Å².